The molecule has 1 heterocycles. The highest BCUT2D eigenvalue weighted by atomic mass is 15.2. The molecule has 1 nitrogen and oxygen atoms in total. The molecule has 1 unspecified atom stereocenters. The summed E-state index contributed by atoms with van der Waals surface area (Å²) in [6.45, 7) is 7.96. The van der Waals surface area contributed by atoms with Crippen molar-refractivity contribution in [1.29, 1.82) is 0 Å². The van der Waals surface area contributed by atoms with Crippen LogP contribution >= 0.6 is 0 Å². The minimum absolute atomic E-state index is 0.413. The van der Waals surface area contributed by atoms with Crippen LogP contribution in [-0.4, -0.2) is 0 Å². The Balaban J connectivity index is 2.17. The van der Waals surface area contributed by atoms with Crippen LogP contribution in [0.15, 0.2) is 90.8 Å². The molecule has 0 saturated carbocycles. The Kier molecular flexibility index (Phi) is 2.96. The van der Waals surface area contributed by atoms with Gasteiger partial charge < -0.3 is 4.90 Å². The molecule has 0 saturated heterocycles. The molecular weight excluding hydrogens is 230 g/mol. The summed E-state index contributed by atoms with van der Waals surface area (Å²) in [5.41, 5.74) is 4.93. The Morgan fingerprint density at radius 2 is 1.89 bits per heavy atom. The van der Waals surface area contributed by atoms with Crippen molar-refractivity contribution in [2.24, 2.45) is 5.92 Å². The molecule has 1 aliphatic heterocycles. The summed E-state index contributed by atoms with van der Waals surface area (Å²) in [6.07, 6.45) is 11.5. The summed E-state index contributed by atoms with van der Waals surface area (Å²) in [5.74, 6) is 0.413. The van der Waals surface area contributed by atoms with Crippen molar-refractivity contribution in [1.82, 2.24) is 0 Å². The van der Waals surface area contributed by atoms with Crippen molar-refractivity contribution in [3.63, 3.8) is 0 Å². The van der Waals surface area contributed by atoms with Gasteiger partial charge in [0, 0.05) is 23.0 Å². The highest BCUT2D eigenvalue weighted by Crippen LogP contribution is 2.44. The first-order valence-corrected chi connectivity index (χ1v) is 6.57. The first-order valence-electron chi connectivity index (χ1n) is 6.57. The molecule has 1 atom stereocenters. The lowest BCUT2D eigenvalue weighted by atomic mass is 9.91. The summed E-state index contributed by atoms with van der Waals surface area (Å²) in [6, 6.07) is 10.4. The van der Waals surface area contributed by atoms with Crippen LogP contribution in [0.1, 0.15) is 6.42 Å². The molecule has 1 aliphatic carbocycles. The van der Waals surface area contributed by atoms with E-state index in [1.807, 2.05) is 18.2 Å². The van der Waals surface area contributed by atoms with Crippen LogP contribution in [0.5, 0.6) is 0 Å². The Labute approximate surface area is 114 Å². The number of hydrogen-bond acceptors (Lipinski definition) is 1. The van der Waals surface area contributed by atoms with E-state index in [-0.39, 0.29) is 0 Å². The minimum atomic E-state index is 0.413. The van der Waals surface area contributed by atoms with E-state index in [4.69, 9.17) is 0 Å². The van der Waals surface area contributed by atoms with Gasteiger partial charge in [-0.3, -0.25) is 0 Å². The van der Waals surface area contributed by atoms with Gasteiger partial charge in [0.2, 0.25) is 0 Å². The zero-order valence-electron chi connectivity index (χ0n) is 10.9. The summed E-state index contributed by atoms with van der Waals surface area (Å²) in [4.78, 5) is 2.29. The quantitative estimate of drug-likeness (QED) is 0.755. The number of rotatable bonds is 3. The van der Waals surface area contributed by atoms with Crippen molar-refractivity contribution in [2.45, 2.75) is 6.42 Å². The molecule has 0 spiro atoms. The highest BCUT2D eigenvalue weighted by Gasteiger charge is 2.34. The molecule has 0 aromatic heterocycles. The fourth-order valence-electron chi connectivity index (χ4n) is 2.90. The molecular formula is C18H17N. The maximum absolute atomic E-state index is 3.98. The largest absolute Gasteiger partial charge is 0.313 e. The van der Waals surface area contributed by atoms with Crippen molar-refractivity contribution in [3.8, 4) is 0 Å². The van der Waals surface area contributed by atoms with Gasteiger partial charge >= 0.3 is 0 Å². The number of fused-ring (bicyclic) bond motifs is 1. The van der Waals surface area contributed by atoms with Crippen LogP contribution in [0, 0.1) is 5.92 Å². The van der Waals surface area contributed by atoms with Crippen LogP contribution in [0.4, 0.5) is 5.69 Å². The second kappa shape index (κ2) is 4.77. The van der Waals surface area contributed by atoms with E-state index < -0.39 is 0 Å². The smallest absolute Gasteiger partial charge is 0.0491 e. The van der Waals surface area contributed by atoms with Gasteiger partial charge in [-0.2, -0.15) is 0 Å². The molecule has 94 valence electrons. The Morgan fingerprint density at radius 1 is 1.11 bits per heavy atom. The summed E-state index contributed by atoms with van der Waals surface area (Å²) in [5, 5.41) is 0. The molecule has 1 aromatic rings. The maximum atomic E-state index is 3.98. The molecule has 0 amide bonds. The average molecular weight is 247 g/mol. The van der Waals surface area contributed by atoms with E-state index >= 15 is 0 Å². The minimum Gasteiger partial charge on any atom is -0.313 e. The molecule has 0 bridgehead atoms. The van der Waals surface area contributed by atoms with Gasteiger partial charge in [-0.1, -0.05) is 49.6 Å². The van der Waals surface area contributed by atoms with E-state index in [1.165, 1.54) is 17.0 Å². The summed E-state index contributed by atoms with van der Waals surface area (Å²) in [7, 11) is 0. The van der Waals surface area contributed by atoms with Gasteiger partial charge in [0.25, 0.3) is 0 Å². The molecule has 0 radical (unpaired) electrons. The molecule has 1 aromatic carbocycles. The maximum Gasteiger partial charge on any atom is 0.0491 e. The molecule has 3 rings (SSSR count). The van der Waals surface area contributed by atoms with Crippen LogP contribution in [0.25, 0.3) is 0 Å². The second-order valence-electron chi connectivity index (χ2n) is 4.73. The number of hydrogen-bond donors (Lipinski definition) is 0. The van der Waals surface area contributed by atoms with Crippen LogP contribution in [0.3, 0.4) is 0 Å². The van der Waals surface area contributed by atoms with E-state index in [9.17, 15) is 0 Å². The third-order valence-electron chi connectivity index (χ3n) is 3.73. The average Bonchev–Trinajstić information content (AvgIpc) is 2.81. The van der Waals surface area contributed by atoms with Gasteiger partial charge in [-0.15, -0.1) is 0 Å². The third-order valence-corrected chi connectivity index (χ3v) is 3.73. The summed E-state index contributed by atoms with van der Waals surface area (Å²) >= 11 is 0. The Bertz CT molecular complexity index is 602. The number of para-hydroxylation sites is 1. The van der Waals surface area contributed by atoms with Gasteiger partial charge in [-0.05, 0) is 36.3 Å². The number of allylic oxidation sites excluding steroid dienone is 6. The number of nitrogens with zero attached hydrogens (tertiary/aromatic N) is 1. The fraction of sp³-hybridized carbons (Fsp3) is 0.111. The second-order valence-corrected chi connectivity index (χ2v) is 4.73. The topological polar surface area (TPSA) is 3.24 Å². The first kappa shape index (κ1) is 11.8. The van der Waals surface area contributed by atoms with Crippen LogP contribution in [0.2, 0.25) is 0 Å². The molecule has 2 aliphatic rings. The molecule has 0 N–H and O–H groups in total. The van der Waals surface area contributed by atoms with Gasteiger partial charge in [0.1, 0.15) is 0 Å². The number of benzene rings is 1. The van der Waals surface area contributed by atoms with Crippen LogP contribution in [-0.2, 0) is 0 Å². The number of anilines is 1. The van der Waals surface area contributed by atoms with Gasteiger partial charge in [0.05, 0.1) is 0 Å². The van der Waals surface area contributed by atoms with Crippen molar-refractivity contribution in [2.75, 3.05) is 4.90 Å². The van der Waals surface area contributed by atoms with Crippen LogP contribution < -0.4 is 4.90 Å². The summed E-state index contributed by atoms with van der Waals surface area (Å²) < 4.78 is 0. The van der Waals surface area contributed by atoms with E-state index in [2.05, 4.69) is 60.6 Å². The molecule has 0 fully saturated rings. The zero-order chi connectivity index (χ0) is 13.2. The van der Waals surface area contributed by atoms with Crippen molar-refractivity contribution < 1.29 is 0 Å². The lowest BCUT2D eigenvalue weighted by Gasteiger charge is -2.25. The third kappa shape index (κ3) is 1.78. The SMILES string of the molecule is C=CC1=C(C=C)N(c2ccccc2)C2=CC=CCC21. The first-order chi connectivity index (χ1) is 9.36. The monoisotopic (exact) mass is 247 g/mol. The predicted octanol–water partition coefficient (Wildman–Crippen LogP) is 4.59. The highest BCUT2D eigenvalue weighted by molar-refractivity contribution is 5.69. The standard InChI is InChI=1S/C18H17N/c1-3-15-16-12-8-9-13-18(16)19(17(15)4-2)14-10-6-5-7-11-14/h3-11,13,16H,1-2,12H2. The van der Waals surface area contributed by atoms with E-state index in [1.54, 1.807) is 0 Å². The van der Waals surface area contributed by atoms with Crippen molar-refractivity contribution >= 4 is 5.69 Å². The Morgan fingerprint density at radius 3 is 2.58 bits per heavy atom. The zero-order valence-corrected chi connectivity index (χ0v) is 10.9. The van der Waals surface area contributed by atoms with E-state index in [0.29, 0.717) is 5.92 Å². The molecule has 19 heavy (non-hydrogen) atoms. The lowest BCUT2D eigenvalue weighted by Crippen LogP contribution is -2.19. The van der Waals surface area contributed by atoms with Crippen molar-refractivity contribution in [3.05, 3.63) is 90.8 Å². The Hall–Kier alpha value is -2.28. The van der Waals surface area contributed by atoms with Gasteiger partial charge in [0.15, 0.2) is 0 Å². The lowest BCUT2D eigenvalue weighted by molar-refractivity contribution is 0.749. The fourth-order valence-corrected chi connectivity index (χ4v) is 2.90. The van der Waals surface area contributed by atoms with Gasteiger partial charge in [-0.25, -0.2) is 0 Å². The molecule has 1 heteroatoms. The van der Waals surface area contributed by atoms with E-state index in [0.717, 1.165) is 12.1 Å². The normalized spacial score (nSPS) is 21.2. The predicted molar refractivity (Wildman–Crippen MR) is 81.7 cm³/mol.